The van der Waals surface area contributed by atoms with E-state index >= 15 is 0 Å². The van der Waals surface area contributed by atoms with Crippen molar-refractivity contribution >= 4 is 31.9 Å². The van der Waals surface area contributed by atoms with E-state index in [4.69, 9.17) is 5.14 Å². The Morgan fingerprint density at radius 1 is 1.22 bits per heavy atom. The highest BCUT2D eigenvalue weighted by Crippen LogP contribution is 2.22. The fraction of sp³-hybridized carbons (Fsp3) is 0.133. The summed E-state index contributed by atoms with van der Waals surface area (Å²) in [5.41, 5.74) is 0.933. The van der Waals surface area contributed by atoms with E-state index in [1.807, 2.05) is 0 Å². The van der Waals surface area contributed by atoms with Crippen molar-refractivity contribution in [3.8, 4) is 0 Å². The van der Waals surface area contributed by atoms with Crippen LogP contribution in [-0.2, 0) is 16.6 Å². The molecule has 0 saturated carbocycles. The lowest BCUT2D eigenvalue weighted by molar-refractivity contribution is 0.0784. The molecule has 8 heteroatoms. The lowest BCUT2D eigenvalue weighted by atomic mass is 10.1. The zero-order chi connectivity index (χ0) is 17.2. The van der Waals surface area contributed by atoms with Crippen LogP contribution in [0.3, 0.4) is 0 Å². The van der Waals surface area contributed by atoms with Crippen LogP contribution in [-0.4, -0.2) is 26.3 Å². The van der Waals surface area contributed by atoms with Gasteiger partial charge in [0, 0.05) is 18.1 Å². The highest BCUT2D eigenvalue weighted by atomic mass is 79.9. The van der Waals surface area contributed by atoms with Gasteiger partial charge in [0.1, 0.15) is 5.82 Å². The van der Waals surface area contributed by atoms with Gasteiger partial charge in [-0.05, 0) is 51.8 Å². The normalized spacial score (nSPS) is 11.3. The van der Waals surface area contributed by atoms with Gasteiger partial charge >= 0.3 is 0 Å². The Morgan fingerprint density at radius 3 is 2.39 bits per heavy atom. The first kappa shape index (κ1) is 17.6. The zero-order valence-corrected chi connectivity index (χ0v) is 14.6. The molecule has 122 valence electrons. The predicted octanol–water partition coefficient (Wildman–Crippen LogP) is 2.51. The summed E-state index contributed by atoms with van der Waals surface area (Å²) in [6, 6.07) is 9.78. The average Bonchev–Trinajstić information content (AvgIpc) is 2.48. The summed E-state index contributed by atoms with van der Waals surface area (Å²) in [6.07, 6.45) is 0. The SMILES string of the molecule is CN(Cc1ccc(F)cc1)C(=O)c1cc(S(N)(=O)=O)ccc1Br. The maximum Gasteiger partial charge on any atom is 0.255 e. The van der Waals surface area contributed by atoms with Crippen molar-refractivity contribution in [2.75, 3.05) is 7.05 Å². The van der Waals surface area contributed by atoms with Gasteiger partial charge in [-0.2, -0.15) is 0 Å². The number of amides is 1. The molecular formula is C15H14BrFN2O3S. The van der Waals surface area contributed by atoms with Gasteiger partial charge in [0.2, 0.25) is 10.0 Å². The van der Waals surface area contributed by atoms with E-state index in [0.717, 1.165) is 5.56 Å². The highest BCUT2D eigenvalue weighted by Gasteiger charge is 2.18. The third kappa shape index (κ3) is 4.37. The number of halogens is 2. The number of hydrogen-bond acceptors (Lipinski definition) is 3. The molecule has 0 fully saturated rings. The van der Waals surface area contributed by atoms with Crippen LogP contribution < -0.4 is 5.14 Å². The van der Waals surface area contributed by atoms with Crippen LogP contribution in [0.15, 0.2) is 51.8 Å². The van der Waals surface area contributed by atoms with Crippen molar-refractivity contribution in [1.82, 2.24) is 4.90 Å². The lowest BCUT2D eigenvalue weighted by Crippen LogP contribution is -2.27. The van der Waals surface area contributed by atoms with Crippen LogP contribution >= 0.6 is 15.9 Å². The van der Waals surface area contributed by atoms with Crippen LogP contribution in [0.25, 0.3) is 0 Å². The number of nitrogens with zero attached hydrogens (tertiary/aromatic N) is 1. The highest BCUT2D eigenvalue weighted by molar-refractivity contribution is 9.10. The van der Waals surface area contributed by atoms with Crippen molar-refractivity contribution in [3.05, 3.63) is 63.9 Å². The van der Waals surface area contributed by atoms with Gasteiger partial charge < -0.3 is 4.90 Å². The molecule has 23 heavy (non-hydrogen) atoms. The number of rotatable bonds is 4. The second kappa shape index (κ2) is 6.77. The van der Waals surface area contributed by atoms with Gasteiger partial charge in [0.25, 0.3) is 5.91 Å². The minimum atomic E-state index is -3.90. The summed E-state index contributed by atoms with van der Waals surface area (Å²) in [6.45, 7) is 0.255. The van der Waals surface area contributed by atoms with E-state index in [-0.39, 0.29) is 28.7 Å². The molecule has 0 unspecified atom stereocenters. The molecule has 2 rings (SSSR count). The van der Waals surface area contributed by atoms with E-state index < -0.39 is 10.0 Å². The zero-order valence-electron chi connectivity index (χ0n) is 12.2. The minimum Gasteiger partial charge on any atom is -0.337 e. The summed E-state index contributed by atoms with van der Waals surface area (Å²) in [4.78, 5) is 13.8. The molecule has 0 aliphatic rings. The van der Waals surface area contributed by atoms with Crippen LogP contribution in [0, 0.1) is 5.82 Å². The quantitative estimate of drug-likeness (QED) is 0.855. The third-order valence-corrected chi connectivity index (χ3v) is 4.78. The Hall–Kier alpha value is -1.77. The first-order valence-corrected chi connectivity index (χ1v) is 8.84. The maximum atomic E-state index is 12.9. The number of hydrogen-bond donors (Lipinski definition) is 1. The van der Waals surface area contributed by atoms with Crippen molar-refractivity contribution in [2.45, 2.75) is 11.4 Å². The molecule has 0 atom stereocenters. The van der Waals surface area contributed by atoms with Crippen molar-refractivity contribution < 1.29 is 17.6 Å². The molecule has 0 spiro atoms. The van der Waals surface area contributed by atoms with Crippen LogP contribution in [0.2, 0.25) is 0 Å². The lowest BCUT2D eigenvalue weighted by Gasteiger charge is -2.18. The summed E-state index contributed by atoms with van der Waals surface area (Å²) < 4.78 is 36.2. The largest absolute Gasteiger partial charge is 0.337 e. The first-order chi connectivity index (χ1) is 10.7. The summed E-state index contributed by atoms with van der Waals surface area (Å²) in [7, 11) is -2.33. The Bertz CT molecular complexity index is 838. The van der Waals surface area contributed by atoms with Crippen molar-refractivity contribution in [2.24, 2.45) is 5.14 Å². The molecule has 0 heterocycles. The molecule has 0 aliphatic heterocycles. The van der Waals surface area contributed by atoms with Gasteiger partial charge in [0.05, 0.1) is 10.5 Å². The molecule has 5 nitrogen and oxygen atoms in total. The van der Waals surface area contributed by atoms with Crippen LogP contribution in [0.1, 0.15) is 15.9 Å². The van der Waals surface area contributed by atoms with E-state index in [0.29, 0.717) is 4.47 Å². The number of benzene rings is 2. The van der Waals surface area contributed by atoms with Crippen molar-refractivity contribution in [1.29, 1.82) is 0 Å². The molecule has 2 N–H and O–H groups in total. The Labute approximate surface area is 142 Å². The molecule has 0 saturated heterocycles. The fourth-order valence-corrected chi connectivity index (χ4v) is 2.94. The number of carbonyl (C=O) groups is 1. The van der Waals surface area contributed by atoms with Crippen LogP contribution in [0.4, 0.5) is 4.39 Å². The number of carbonyl (C=O) groups excluding carboxylic acids is 1. The van der Waals surface area contributed by atoms with E-state index in [9.17, 15) is 17.6 Å². The Morgan fingerprint density at radius 2 is 1.83 bits per heavy atom. The van der Waals surface area contributed by atoms with Crippen molar-refractivity contribution in [3.63, 3.8) is 0 Å². The fourth-order valence-electron chi connectivity index (χ4n) is 1.99. The molecule has 2 aromatic rings. The van der Waals surface area contributed by atoms with Crippen LogP contribution in [0.5, 0.6) is 0 Å². The molecule has 0 radical (unpaired) electrons. The minimum absolute atomic E-state index is 0.140. The smallest absolute Gasteiger partial charge is 0.255 e. The van der Waals surface area contributed by atoms with E-state index in [1.54, 1.807) is 19.2 Å². The molecule has 0 aromatic heterocycles. The second-order valence-electron chi connectivity index (χ2n) is 4.97. The predicted molar refractivity (Wildman–Crippen MR) is 87.7 cm³/mol. The van der Waals surface area contributed by atoms with E-state index in [2.05, 4.69) is 15.9 Å². The summed E-state index contributed by atoms with van der Waals surface area (Å²) in [5, 5.41) is 5.09. The second-order valence-corrected chi connectivity index (χ2v) is 7.39. The molecule has 0 aliphatic carbocycles. The molecule has 1 amide bonds. The number of nitrogens with two attached hydrogens (primary N) is 1. The monoisotopic (exact) mass is 400 g/mol. The van der Waals surface area contributed by atoms with Gasteiger partial charge in [0.15, 0.2) is 0 Å². The standard InChI is InChI=1S/C15H14BrFN2O3S/c1-19(9-10-2-4-11(17)5-3-10)15(20)13-8-12(23(18,21)22)6-7-14(13)16/h2-8H,9H2,1H3,(H2,18,21,22). The van der Waals surface area contributed by atoms with E-state index in [1.165, 1.54) is 35.2 Å². The first-order valence-electron chi connectivity index (χ1n) is 6.51. The maximum absolute atomic E-state index is 12.9. The topological polar surface area (TPSA) is 80.5 Å². The van der Waals surface area contributed by atoms with Gasteiger partial charge in [-0.25, -0.2) is 17.9 Å². The van der Waals surface area contributed by atoms with Gasteiger partial charge in [-0.15, -0.1) is 0 Å². The van der Waals surface area contributed by atoms with Gasteiger partial charge in [-0.3, -0.25) is 4.79 Å². The third-order valence-electron chi connectivity index (χ3n) is 3.18. The molecular weight excluding hydrogens is 387 g/mol. The summed E-state index contributed by atoms with van der Waals surface area (Å²) >= 11 is 3.23. The molecule has 0 bridgehead atoms. The summed E-state index contributed by atoms with van der Waals surface area (Å²) in [5.74, 6) is -0.738. The molecule has 2 aromatic carbocycles. The Kier molecular flexibility index (Phi) is 5.18. The Balaban J connectivity index is 2.27. The number of primary sulfonamides is 1. The number of sulfonamides is 1. The van der Waals surface area contributed by atoms with Gasteiger partial charge in [-0.1, -0.05) is 12.1 Å². The average molecular weight is 401 g/mol.